The molecule has 0 saturated carbocycles. The minimum Gasteiger partial charge on any atom is -0.374 e. The van der Waals surface area contributed by atoms with E-state index >= 15 is 0 Å². The van der Waals surface area contributed by atoms with Crippen LogP contribution in [0.15, 0.2) is 0 Å². The highest BCUT2D eigenvalue weighted by Crippen LogP contribution is 2.08. The molecular weight excluding hydrogens is 237 g/mol. The zero-order chi connectivity index (χ0) is 9.19. The number of hydrogen-bond donors (Lipinski definition) is 0. The van der Waals surface area contributed by atoms with Gasteiger partial charge in [0.15, 0.2) is 0 Å². The number of likely N-dealkylation sites (N-methyl/N-ethyl adjacent to an activating group) is 1. The normalized spacial score (nSPS) is 25.2. The molecule has 0 aromatic heterocycles. The summed E-state index contributed by atoms with van der Waals surface area (Å²) in [6.07, 6.45) is -0.272. The van der Waals surface area contributed by atoms with Gasteiger partial charge in [-0.1, -0.05) is 0 Å². The first-order chi connectivity index (χ1) is 5.47. The highest BCUT2D eigenvalue weighted by molar-refractivity contribution is 8.13. The Balaban J connectivity index is 0.00000144. The van der Waals surface area contributed by atoms with Crippen molar-refractivity contribution < 1.29 is 13.2 Å². The Hall–Kier alpha value is 0.450. The number of hydrogen-bond acceptors (Lipinski definition) is 4. The summed E-state index contributed by atoms with van der Waals surface area (Å²) in [7, 11) is 3.59. The first-order valence-electron chi connectivity index (χ1n) is 3.70. The smallest absolute Gasteiger partial charge is 0.235 e. The van der Waals surface area contributed by atoms with Crippen molar-refractivity contribution in [3.05, 3.63) is 0 Å². The molecule has 0 aromatic carbocycles. The molecule has 1 aliphatic rings. The van der Waals surface area contributed by atoms with Crippen molar-refractivity contribution in [2.24, 2.45) is 0 Å². The fourth-order valence-corrected chi connectivity index (χ4v) is 2.26. The van der Waals surface area contributed by atoms with Gasteiger partial charge in [0.25, 0.3) is 0 Å². The standard InChI is InChI=1S/C6H12ClNO3S.ClH/c1-8-2-3-11-6(4-8)5-12(7,9)10;/h6H,2-5H2,1H3;1H. The van der Waals surface area contributed by atoms with Crippen molar-refractivity contribution in [3.63, 3.8) is 0 Å². The first kappa shape index (κ1) is 13.4. The molecule has 7 heteroatoms. The maximum Gasteiger partial charge on any atom is 0.235 e. The number of rotatable bonds is 2. The SMILES string of the molecule is CN1CCOC(CS(=O)(=O)Cl)C1.Cl. The van der Waals surface area contributed by atoms with Gasteiger partial charge in [-0.15, -0.1) is 12.4 Å². The molecule has 1 fully saturated rings. The summed E-state index contributed by atoms with van der Waals surface area (Å²) in [5.74, 6) is -0.0983. The average Bonchev–Trinajstić information content (AvgIpc) is 1.82. The van der Waals surface area contributed by atoms with Gasteiger partial charge < -0.3 is 9.64 Å². The summed E-state index contributed by atoms with van der Waals surface area (Å²) in [5.41, 5.74) is 0. The van der Waals surface area contributed by atoms with E-state index in [0.29, 0.717) is 13.2 Å². The van der Waals surface area contributed by atoms with Crippen molar-refractivity contribution in [1.82, 2.24) is 4.90 Å². The number of morpholine rings is 1. The van der Waals surface area contributed by atoms with E-state index in [1.807, 2.05) is 11.9 Å². The summed E-state index contributed by atoms with van der Waals surface area (Å²) in [6, 6.07) is 0. The predicted octanol–water partition coefficient (Wildman–Crippen LogP) is 0.307. The largest absolute Gasteiger partial charge is 0.374 e. The van der Waals surface area contributed by atoms with Gasteiger partial charge in [0.1, 0.15) is 0 Å². The second-order valence-corrected chi connectivity index (χ2v) is 5.78. The average molecular weight is 250 g/mol. The van der Waals surface area contributed by atoms with Crippen molar-refractivity contribution in [3.8, 4) is 0 Å². The van der Waals surface area contributed by atoms with Crippen LogP contribution in [0.3, 0.4) is 0 Å². The van der Waals surface area contributed by atoms with Crippen LogP contribution in [0.5, 0.6) is 0 Å². The molecule has 1 heterocycles. The molecule has 1 unspecified atom stereocenters. The van der Waals surface area contributed by atoms with Crippen molar-refractivity contribution in [1.29, 1.82) is 0 Å². The minimum absolute atomic E-state index is 0. The lowest BCUT2D eigenvalue weighted by Crippen LogP contribution is -2.42. The molecule has 0 aromatic rings. The quantitative estimate of drug-likeness (QED) is 0.662. The minimum atomic E-state index is -3.43. The summed E-state index contributed by atoms with van der Waals surface area (Å²) >= 11 is 0. The highest BCUT2D eigenvalue weighted by Gasteiger charge is 2.22. The third-order valence-electron chi connectivity index (χ3n) is 1.73. The van der Waals surface area contributed by atoms with Crippen molar-refractivity contribution in [2.75, 3.05) is 32.5 Å². The van der Waals surface area contributed by atoms with Crippen LogP contribution in [-0.2, 0) is 13.8 Å². The lowest BCUT2D eigenvalue weighted by atomic mass is 10.3. The Morgan fingerprint density at radius 1 is 1.62 bits per heavy atom. The van der Waals surface area contributed by atoms with Gasteiger partial charge in [-0.2, -0.15) is 0 Å². The van der Waals surface area contributed by atoms with E-state index in [-0.39, 0.29) is 24.3 Å². The maximum atomic E-state index is 10.7. The monoisotopic (exact) mass is 249 g/mol. The van der Waals surface area contributed by atoms with Gasteiger partial charge in [-0.3, -0.25) is 0 Å². The molecule has 13 heavy (non-hydrogen) atoms. The first-order valence-corrected chi connectivity index (χ1v) is 6.18. The lowest BCUT2D eigenvalue weighted by molar-refractivity contribution is -0.00661. The highest BCUT2D eigenvalue weighted by atomic mass is 35.7. The van der Waals surface area contributed by atoms with Crippen LogP contribution in [-0.4, -0.2) is 51.9 Å². The molecule has 0 N–H and O–H groups in total. The fourth-order valence-electron chi connectivity index (χ4n) is 1.19. The Bertz CT molecular complexity index is 244. The molecule has 1 saturated heterocycles. The van der Waals surface area contributed by atoms with Crippen LogP contribution in [0.1, 0.15) is 0 Å². The molecule has 0 aliphatic carbocycles. The Morgan fingerprint density at radius 2 is 2.23 bits per heavy atom. The molecule has 80 valence electrons. The molecule has 0 amide bonds. The topological polar surface area (TPSA) is 46.6 Å². The van der Waals surface area contributed by atoms with E-state index in [4.69, 9.17) is 15.4 Å². The maximum absolute atomic E-state index is 10.7. The summed E-state index contributed by atoms with van der Waals surface area (Å²) in [4.78, 5) is 2.02. The summed E-state index contributed by atoms with van der Waals surface area (Å²) in [6.45, 7) is 2.05. The molecule has 4 nitrogen and oxygen atoms in total. The van der Waals surface area contributed by atoms with Crippen LogP contribution in [0.4, 0.5) is 0 Å². The van der Waals surface area contributed by atoms with Crippen molar-refractivity contribution in [2.45, 2.75) is 6.10 Å². The summed E-state index contributed by atoms with van der Waals surface area (Å²) < 4.78 is 26.6. The molecule has 1 aliphatic heterocycles. The zero-order valence-electron chi connectivity index (χ0n) is 7.27. The van der Waals surface area contributed by atoms with E-state index in [9.17, 15) is 8.42 Å². The van der Waals surface area contributed by atoms with Gasteiger partial charge >= 0.3 is 0 Å². The second kappa shape index (κ2) is 5.36. The summed E-state index contributed by atoms with van der Waals surface area (Å²) in [5, 5.41) is 0. The Morgan fingerprint density at radius 3 is 2.69 bits per heavy atom. The molecule has 0 spiro atoms. The van der Waals surface area contributed by atoms with Crippen LogP contribution in [0.25, 0.3) is 0 Å². The van der Waals surface area contributed by atoms with Gasteiger partial charge in [-0.05, 0) is 7.05 Å². The molecule has 1 atom stereocenters. The van der Waals surface area contributed by atoms with Crippen LogP contribution < -0.4 is 0 Å². The van der Waals surface area contributed by atoms with Crippen LogP contribution >= 0.6 is 23.1 Å². The number of ether oxygens (including phenoxy) is 1. The van der Waals surface area contributed by atoms with E-state index in [1.165, 1.54) is 0 Å². The van der Waals surface area contributed by atoms with E-state index < -0.39 is 9.05 Å². The zero-order valence-corrected chi connectivity index (χ0v) is 9.66. The van der Waals surface area contributed by atoms with E-state index in [1.54, 1.807) is 0 Å². The van der Waals surface area contributed by atoms with E-state index in [2.05, 4.69) is 0 Å². The fraction of sp³-hybridized carbons (Fsp3) is 1.00. The van der Waals surface area contributed by atoms with Gasteiger partial charge in [0.2, 0.25) is 9.05 Å². The number of nitrogens with zero attached hydrogens (tertiary/aromatic N) is 1. The van der Waals surface area contributed by atoms with E-state index in [0.717, 1.165) is 6.54 Å². The number of halogens is 2. The van der Waals surface area contributed by atoms with Crippen molar-refractivity contribution >= 4 is 32.1 Å². The third-order valence-corrected chi connectivity index (χ3v) is 2.87. The lowest BCUT2D eigenvalue weighted by Gasteiger charge is -2.29. The van der Waals surface area contributed by atoms with Gasteiger partial charge in [0, 0.05) is 23.8 Å². The third kappa shape index (κ3) is 5.70. The Labute approximate surface area is 89.0 Å². The van der Waals surface area contributed by atoms with Crippen LogP contribution in [0.2, 0.25) is 0 Å². The van der Waals surface area contributed by atoms with Crippen LogP contribution in [0, 0.1) is 0 Å². The molecule has 0 radical (unpaired) electrons. The predicted molar refractivity (Wildman–Crippen MR) is 54.1 cm³/mol. The second-order valence-electron chi connectivity index (χ2n) is 2.96. The van der Waals surface area contributed by atoms with Gasteiger partial charge in [0.05, 0.1) is 18.5 Å². The molecular formula is C6H13Cl2NO3S. The van der Waals surface area contributed by atoms with Gasteiger partial charge in [-0.25, -0.2) is 8.42 Å². The molecule has 0 bridgehead atoms. The Kier molecular flexibility index (Phi) is 5.55. The molecule has 1 rings (SSSR count).